The highest BCUT2D eigenvalue weighted by molar-refractivity contribution is 6.83. The summed E-state index contributed by atoms with van der Waals surface area (Å²) in [4.78, 5) is 6.85. The van der Waals surface area contributed by atoms with Gasteiger partial charge in [0, 0.05) is 72.9 Å². The number of aromatic nitrogens is 5. The van der Waals surface area contributed by atoms with Crippen LogP contribution in [-0.4, -0.2) is 38.4 Å². The molecule has 0 aliphatic heterocycles. The molecule has 10 nitrogen and oxygen atoms in total. The first-order valence-corrected chi connectivity index (χ1v) is 22.7. The van der Waals surface area contributed by atoms with Crippen LogP contribution in [0.5, 0.6) is 11.5 Å². The van der Waals surface area contributed by atoms with Gasteiger partial charge in [0.25, 0.3) is 0 Å². The van der Waals surface area contributed by atoms with Crippen LogP contribution in [-0.2, 0) is 31.3 Å². The molecule has 0 fully saturated rings. The van der Waals surface area contributed by atoms with Gasteiger partial charge >= 0.3 is 5.92 Å². The Hall–Kier alpha value is -8.08. The molecule has 0 radical (unpaired) electrons. The Balaban J connectivity index is -0.000000225. The van der Waals surface area contributed by atoms with Gasteiger partial charge in [0.1, 0.15) is 56.4 Å². The summed E-state index contributed by atoms with van der Waals surface area (Å²) >= 11 is 0. The van der Waals surface area contributed by atoms with Crippen molar-refractivity contribution in [2.75, 3.05) is 0 Å². The predicted molar refractivity (Wildman–Crippen MR) is 270 cm³/mol. The van der Waals surface area contributed by atoms with Crippen LogP contribution in [0.25, 0.3) is 4.85 Å². The maximum atomic E-state index is 15.9. The third-order valence-corrected chi connectivity index (χ3v) is 9.61. The number of pyridine rings is 1. The lowest BCUT2D eigenvalue weighted by Crippen LogP contribution is -2.48. The summed E-state index contributed by atoms with van der Waals surface area (Å²) < 4.78 is 256. The van der Waals surface area contributed by atoms with Gasteiger partial charge in [-0.15, -0.1) is 10.6 Å². The summed E-state index contributed by atoms with van der Waals surface area (Å²) in [5.74, 6) is 2.98. The number of nitrogens with zero attached hydrogens (tertiary/aromatic N) is 7. The zero-order valence-electron chi connectivity index (χ0n) is 66.7. The van der Waals surface area contributed by atoms with Crippen LogP contribution < -0.4 is 9.47 Å². The number of rotatable bonds is 11. The smallest absolute Gasteiger partial charge is 0.323 e. The molecule has 0 saturated carbocycles. The fourth-order valence-electron chi connectivity index (χ4n) is 5.44. The van der Waals surface area contributed by atoms with Gasteiger partial charge in [-0.25, -0.2) is 18.3 Å². The number of nitriles is 1. The number of tetrazole rings is 1. The van der Waals surface area contributed by atoms with E-state index >= 15 is 8.78 Å². The lowest BCUT2D eigenvalue weighted by Gasteiger charge is -2.35. The fourth-order valence-corrected chi connectivity index (χ4v) is 5.96. The Labute approximate surface area is 430 Å². The number of hydrogen-bond donors (Lipinski definition) is 1. The third-order valence-electron chi connectivity index (χ3n) is 8.74. The molecule has 0 bridgehead atoms. The minimum atomic E-state index is -4.22. The summed E-state index contributed by atoms with van der Waals surface area (Å²) in [5.41, 5.74) is -0.688. The van der Waals surface area contributed by atoms with Crippen molar-refractivity contribution in [2.24, 2.45) is 0 Å². The number of aliphatic hydroxyl groups is 1. The average molecular weight is 962 g/mol. The summed E-state index contributed by atoms with van der Waals surface area (Å²) in [6, 6.07) is 16.3. The molecule has 15 heteroatoms. The lowest BCUT2D eigenvalue weighted by molar-refractivity contribution is -0.207. The molecule has 0 amide bonds. The van der Waals surface area contributed by atoms with E-state index in [1.54, 1.807) is 42.5 Å². The zero-order chi connectivity index (χ0) is 77.4. The fraction of sp³-hybridized carbons (Fsp3) is 0.176. The van der Waals surface area contributed by atoms with E-state index in [0.29, 0.717) is 29.2 Å². The van der Waals surface area contributed by atoms with Gasteiger partial charge < -0.3 is 14.6 Å². The molecular weight excluding hydrogens is 863 g/mol. The molecule has 2 heterocycles. The molecule has 7 aromatic rings. The normalized spacial score (nSPS) is 14.7. The van der Waals surface area contributed by atoms with Crippen LogP contribution in [0.1, 0.15) is 98.7 Å². The molecule has 0 unspecified atom stereocenters. The number of hydrogen-bond acceptors (Lipinski definition) is 8. The molecule has 66 heavy (non-hydrogen) atoms. The van der Waals surface area contributed by atoms with Crippen molar-refractivity contribution < 1.29 is 78.7 Å². The molecule has 5 aromatic carbocycles. The first-order chi connectivity index (χ1) is 46.5. The van der Waals surface area contributed by atoms with Crippen LogP contribution >= 0.6 is 0 Å². The second-order valence-electron chi connectivity index (χ2n) is 14.8. The van der Waals surface area contributed by atoms with Crippen LogP contribution in [0, 0.1) is 52.8 Å². The number of halogens is 4. The molecule has 1 atom stereocenters. The molecule has 0 aliphatic rings. The van der Waals surface area contributed by atoms with Gasteiger partial charge in [0.15, 0.2) is 11.3 Å². The minimum absolute atomic E-state index is 0. The van der Waals surface area contributed by atoms with Gasteiger partial charge in [0.05, 0.1) is 33.0 Å². The van der Waals surface area contributed by atoms with Crippen LogP contribution in [0.2, 0.25) is 19.6 Å². The van der Waals surface area contributed by atoms with Crippen LogP contribution in [0.4, 0.5) is 23.2 Å². The van der Waals surface area contributed by atoms with E-state index in [-0.39, 0.29) is 84.8 Å². The van der Waals surface area contributed by atoms with E-state index in [0.717, 1.165) is 34.9 Å². The molecule has 0 aliphatic carbocycles. The number of alkyl halides is 2. The average Bonchev–Trinajstić information content (AvgIpc) is 0.785. The molecule has 0 saturated heterocycles. The van der Waals surface area contributed by atoms with E-state index in [4.69, 9.17) is 67.9 Å². The first-order valence-electron chi connectivity index (χ1n) is 35.2. The number of ether oxygens (including phenoxy) is 2. The minimum Gasteiger partial charge on any atom is -0.489 e. The maximum absolute atomic E-state index is 15.9. The van der Waals surface area contributed by atoms with E-state index in [1.165, 1.54) is 6.07 Å². The Morgan fingerprint density at radius 1 is 0.818 bits per heavy atom. The van der Waals surface area contributed by atoms with Crippen molar-refractivity contribution in [3.05, 3.63) is 207 Å². The van der Waals surface area contributed by atoms with Gasteiger partial charge in [-0.05, 0) is 106 Å². The quantitative estimate of drug-likeness (QED) is 0.0588. The third kappa shape index (κ3) is 13.2. The van der Waals surface area contributed by atoms with Crippen LogP contribution in [0.3, 0.4) is 0 Å². The Bertz CT molecular complexity index is 3400. The van der Waals surface area contributed by atoms with Gasteiger partial charge in [-0.2, -0.15) is 14.0 Å². The Morgan fingerprint density at radius 2 is 1.38 bits per heavy atom. The summed E-state index contributed by atoms with van der Waals surface area (Å²) in [6.45, 7) is 12.1. The van der Waals surface area contributed by atoms with E-state index in [1.807, 2.05) is 12.1 Å². The summed E-state index contributed by atoms with van der Waals surface area (Å²) in [6.07, 6.45) is 1.99. The Kier molecular flexibility index (Phi) is 9.32. The van der Waals surface area contributed by atoms with Crippen molar-refractivity contribution in [3.8, 4) is 40.9 Å². The highest BCUT2D eigenvalue weighted by Crippen LogP contribution is 2.46. The highest BCUT2D eigenvalue weighted by atomic mass is 28.3. The molecule has 356 valence electrons. The van der Waals surface area contributed by atoms with Crippen molar-refractivity contribution in [1.82, 2.24) is 25.2 Å². The van der Waals surface area contributed by atoms with E-state index < -0.39 is 61.1 Å². The monoisotopic (exact) mass is 962 g/mol. The van der Waals surface area contributed by atoms with Gasteiger partial charge in [-0.3, -0.25) is 4.98 Å². The van der Waals surface area contributed by atoms with Gasteiger partial charge in [-0.1, -0.05) is 81.1 Å². The van der Waals surface area contributed by atoms with E-state index in [9.17, 15) is 13.9 Å². The molecule has 1 N–H and O–H groups in total. The zero-order valence-corrected chi connectivity index (χ0v) is 35.7. The summed E-state index contributed by atoms with van der Waals surface area (Å²) in [5, 5.41) is 30.5. The number of benzene rings is 5. The topological polar surface area (TPSA) is 123 Å². The SMILES string of the molecule is C.[2H][2H].[2H][2H].[2H][2H].[2H][2H].[2H][2H].[2H][2H].[2H][2H].[2H][2H].[2H][2H].[2H][2H].[2H][2H].[2H][2H].[2H]c1c([2H])c(COc2ccc(C#Cc3ccc(C(F)(F)[C@](O)(Cn4cnnn4)c4ccc(F)cc4F)nc3)cc2)c([2H])c([2H])c1C#N.[2H]c1c([2H])c([N+]#[C-])c([2H])c([2H])c1COc1ccc(C#C[Si](C)(C)C)cc1. The van der Waals surface area contributed by atoms with Crippen molar-refractivity contribution >= 4 is 13.8 Å². The largest absolute Gasteiger partial charge is 0.489 e. The van der Waals surface area contributed by atoms with Crippen molar-refractivity contribution in [1.29, 1.82) is 5.26 Å². The predicted octanol–water partition coefficient (Wildman–Crippen LogP) is 13.5. The molecular formula is C51H67F4N7O3Si. The molecule has 0 spiro atoms. The van der Waals surface area contributed by atoms with Crippen LogP contribution in [0.15, 0.2) is 140 Å². The first kappa shape index (κ1) is 28.0. The van der Waals surface area contributed by atoms with Crippen molar-refractivity contribution in [2.45, 2.75) is 58.3 Å². The standard InChI is InChI=1S/C31H20F4N6O2.C19H19NOSi.CH4.12H2/c32-25-10-13-27(28(33)15-25)30(42,19-41-20-38-39-40-41)31(34,35)29-14-9-23(17-37-29)4-1-21-7-11-26(12-8-21)43-18-24-5-2-22(16-36)3-6-24;1-20-18-9-5-17(6-10-18)15-21-19-11-7-16(8-12-19)13-14-22(2,3)4;;;;;;;;;;;;;/h2-3,5-15,17,20,42H,18-19H2;5-12H,15H2,2-4H3;1H4;12*1H/t30-;;;;;;;;;;;;;;/m0............../s1/i2D,3D,5D,6D;5D,6D,9D,10D;;12*1+1D. The van der Waals surface area contributed by atoms with Crippen molar-refractivity contribution in [3.63, 3.8) is 0 Å². The molecule has 2 aromatic heterocycles. The van der Waals surface area contributed by atoms with Gasteiger partial charge in [0.2, 0.25) is 0 Å². The second kappa shape index (κ2) is 22.0. The summed E-state index contributed by atoms with van der Waals surface area (Å²) in [7, 11) is -1.43. The molecule has 7 rings (SSSR count). The maximum Gasteiger partial charge on any atom is 0.323 e. The lowest BCUT2D eigenvalue weighted by atomic mass is 9.84. The Morgan fingerprint density at radius 3 is 1.88 bits per heavy atom. The second-order valence-corrected chi connectivity index (χ2v) is 19.5. The highest BCUT2D eigenvalue weighted by Gasteiger charge is 2.58. The van der Waals surface area contributed by atoms with E-state index in [2.05, 4.69) is 68.3 Å².